The third kappa shape index (κ3) is 2.85. The van der Waals surface area contributed by atoms with Crippen LogP contribution in [0.2, 0.25) is 0 Å². The number of imide groups is 1. The average molecular weight is 516 g/mol. The Morgan fingerprint density at radius 1 is 0.667 bits per heavy atom. The Labute approximate surface area is 223 Å². The Bertz CT molecular complexity index is 1680. The predicted octanol–water partition coefficient (Wildman–Crippen LogP) is 4.56. The van der Waals surface area contributed by atoms with Gasteiger partial charge in [0.15, 0.2) is 5.60 Å². The number of hydrogen-bond donors (Lipinski definition) is 1. The van der Waals surface area contributed by atoms with E-state index in [-0.39, 0.29) is 17.0 Å². The van der Waals surface area contributed by atoms with Crippen molar-refractivity contribution in [3.8, 4) is 0 Å². The van der Waals surface area contributed by atoms with Gasteiger partial charge in [-0.3, -0.25) is 14.4 Å². The molecule has 0 radical (unpaired) electrons. The lowest BCUT2D eigenvalue weighted by Gasteiger charge is -2.43. The molecule has 1 N–H and O–H groups in total. The number of nitrogens with zero attached hydrogens (tertiary/aromatic N) is 1. The smallest absolute Gasteiger partial charge is 0.335 e. The minimum Gasteiger partial charge on any atom is -0.478 e. The second-order valence-electron chi connectivity index (χ2n) is 10.00. The molecule has 2 amide bonds. The molecule has 4 aromatic carbocycles. The molecule has 7 rings (SSSR count). The minimum absolute atomic E-state index is 0.0314. The van der Waals surface area contributed by atoms with Crippen LogP contribution in [0.3, 0.4) is 0 Å². The van der Waals surface area contributed by atoms with Crippen LogP contribution in [0, 0.1) is 11.8 Å². The summed E-state index contributed by atoms with van der Waals surface area (Å²) in [5.41, 5.74) is -0.733. The lowest BCUT2D eigenvalue weighted by Crippen LogP contribution is -2.51. The number of anilines is 1. The molecular weight excluding hydrogens is 494 g/mol. The van der Waals surface area contributed by atoms with E-state index in [1.807, 2.05) is 36.4 Å². The molecule has 7 nitrogen and oxygen atoms in total. The summed E-state index contributed by atoms with van der Waals surface area (Å²) in [6.07, 6.45) is 0. The number of carbonyl (C=O) groups excluding carboxylic acids is 3. The molecule has 0 aromatic heterocycles. The number of carbonyl (C=O) groups is 4. The summed E-state index contributed by atoms with van der Waals surface area (Å²) in [5.74, 6) is -4.73. The first-order valence-corrected chi connectivity index (χ1v) is 12.6. The van der Waals surface area contributed by atoms with Crippen LogP contribution in [0.1, 0.15) is 37.4 Å². The summed E-state index contributed by atoms with van der Waals surface area (Å²) in [7, 11) is 0. The zero-order chi connectivity index (χ0) is 26.9. The van der Waals surface area contributed by atoms with Crippen molar-refractivity contribution in [3.05, 3.63) is 137 Å². The number of carboxylic acid groups (broad SMARTS) is 1. The topological polar surface area (TPSA) is 101 Å². The molecular formula is C32H21NO6. The largest absolute Gasteiger partial charge is 0.478 e. The molecule has 0 aliphatic carbocycles. The summed E-state index contributed by atoms with van der Waals surface area (Å²) in [6, 6.07) is 30.8. The molecule has 4 aromatic rings. The molecule has 3 heterocycles. The van der Waals surface area contributed by atoms with Crippen LogP contribution in [0.4, 0.5) is 5.69 Å². The van der Waals surface area contributed by atoms with E-state index in [0.29, 0.717) is 22.3 Å². The summed E-state index contributed by atoms with van der Waals surface area (Å²) in [6.45, 7) is 0. The Morgan fingerprint density at radius 3 is 1.77 bits per heavy atom. The van der Waals surface area contributed by atoms with E-state index in [1.165, 1.54) is 24.3 Å². The first-order valence-electron chi connectivity index (χ1n) is 12.6. The van der Waals surface area contributed by atoms with Gasteiger partial charge >= 0.3 is 5.97 Å². The fourth-order valence-electron chi connectivity index (χ4n) is 6.63. The highest BCUT2D eigenvalue weighted by Crippen LogP contribution is 2.66. The monoisotopic (exact) mass is 515 g/mol. The minimum atomic E-state index is -1.74. The van der Waals surface area contributed by atoms with Crippen LogP contribution in [-0.4, -0.2) is 28.7 Å². The second-order valence-corrected chi connectivity index (χ2v) is 10.00. The lowest BCUT2D eigenvalue weighted by molar-refractivity contribution is -0.136. The molecule has 3 aliphatic rings. The third-order valence-electron chi connectivity index (χ3n) is 8.19. The molecule has 4 atom stereocenters. The highest BCUT2D eigenvalue weighted by Gasteiger charge is 2.78. The summed E-state index contributed by atoms with van der Waals surface area (Å²) in [5, 5.41) is 9.33. The fourth-order valence-corrected chi connectivity index (χ4v) is 6.63. The zero-order valence-electron chi connectivity index (χ0n) is 20.5. The Balaban J connectivity index is 1.53. The van der Waals surface area contributed by atoms with Gasteiger partial charge < -0.3 is 9.84 Å². The standard InChI is InChI=1S/C32H21NO6/c34-27-23-13-7-8-14-24(23)31(20-9-3-1-4-10-20)25-26(32(27,39-31)21-11-5-2-6-12-21)29(36)33(28(25)35)22-17-15-19(16-18-22)30(37)38/h1-18,25-26H,(H,37,38)/t25-,26-,31-,32-/m1/s1. The first-order chi connectivity index (χ1) is 18.9. The van der Waals surface area contributed by atoms with Crippen LogP contribution < -0.4 is 4.90 Å². The quantitative estimate of drug-likeness (QED) is 0.400. The molecule has 0 unspecified atom stereocenters. The first kappa shape index (κ1) is 23.3. The number of ketones is 1. The van der Waals surface area contributed by atoms with Crippen molar-refractivity contribution in [1.29, 1.82) is 0 Å². The number of benzene rings is 4. The maximum Gasteiger partial charge on any atom is 0.335 e. The summed E-state index contributed by atoms with van der Waals surface area (Å²) >= 11 is 0. The predicted molar refractivity (Wildman–Crippen MR) is 140 cm³/mol. The van der Waals surface area contributed by atoms with Gasteiger partial charge in [-0.25, -0.2) is 9.69 Å². The highest BCUT2D eigenvalue weighted by molar-refractivity contribution is 6.26. The number of fused-ring (bicyclic) bond motifs is 7. The number of Topliss-reactive ketones (excluding diaryl/α,β-unsaturated/α-hetero) is 1. The van der Waals surface area contributed by atoms with Crippen molar-refractivity contribution >= 4 is 29.3 Å². The van der Waals surface area contributed by atoms with Crippen molar-refractivity contribution in [2.45, 2.75) is 11.2 Å². The number of carboxylic acids is 1. The van der Waals surface area contributed by atoms with Crippen molar-refractivity contribution < 1.29 is 29.0 Å². The van der Waals surface area contributed by atoms with Gasteiger partial charge in [-0.15, -0.1) is 0 Å². The van der Waals surface area contributed by atoms with Gasteiger partial charge in [0.1, 0.15) is 5.60 Å². The van der Waals surface area contributed by atoms with Crippen LogP contribution in [0.25, 0.3) is 0 Å². The maximum absolute atomic E-state index is 14.5. The molecule has 2 fully saturated rings. The third-order valence-corrected chi connectivity index (χ3v) is 8.19. The normalized spacial score (nSPS) is 26.9. The van der Waals surface area contributed by atoms with Crippen molar-refractivity contribution in [3.63, 3.8) is 0 Å². The van der Waals surface area contributed by atoms with Gasteiger partial charge in [0.2, 0.25) is 17.6 Å². The molecule has 2 saturated heterocycles. The van der Waals surface area contributed by atoms with E-state index < -0.39 is 40.8 Å². The summed E-state index contributed by atoms with van der Waals surface area (Å²) in [4.78, 5) is 55.7. The van der Waals surface area contributed by atoms with E-state index in [1.54, 1.807) is 48.5 Å². The molecule has 39 heavy (non-hydrogen) atoms. The van der Waals surface area contributed by atoms with E-state index in [2.05, 4.69) is 0 Å². The van der Waals surface area contributed by atoms with Crippen LogP contribution in [-0.2, 0) is 25.5 Å². The number of amides is 2. The fraction of sp³-hybridized carbons (Fsp3) is 0.125. The van der Waals surface area contributed by atoms with Gasteiger partial charge in [-0.1, -0.05) is 84.9 Å². The second kappa shape index (κ2) is 8.06. The molecule has 0 saturated carbocycles. The molecule has 3 aliphatic heterocycles. The van der Waals surface area contributed by atoms with E-state index in [4.69, 9.17) is 4.74 Å². The van der Waals surface area contributed by atoms with Crippen LogP contribution >= 0.6 is 0 Å². The molecule has 7 heteroatoms. The Morgan fingerprint density at radius 2 is 1.18 bits per heavy atom. The number of ether oxygens (including phenoxy) is 1. The highest BCUT2D eigenvalue weighted by atomic mass is 16.5. The number of hydrogen-bond acceptors (Lipinski definition) is 5. The lowest BCUT2D eigenvalue weighted by atomic mass is 9.72. The van der Waals surface area contributed by atoms with Gasteiger partial charge in [-0.2, -0.15) is 0 Å². The Hall–Kier alpha value is -4.88. The van der Waals surface area contributed by atoms with Gasteiger partial charge in [0, 0.05) is 11.1 Å². The van der Waals surface area contributed by atoms with Crippen molar-refractivity contribution in [2.75, 3.05) is 4.90 Å². The average Bonchev–Trinajstić information content (AvgIpc) is 3.43. The van der Waals surface area contributed by atoms with Gasteiger partial charge in [-0.05, 0) is 35.4 Å². The van der Waals surface area contributed by atoms with Crippen molar-refractivity contribution in [2.24, 2.45) is 11.8 Å². The van der Waals surface area contributed by atoms with Gasteiger partial charge in [0.05, 0.1) is 23.1 Å². The summed E-state index contributed by atoms with van der Waals surface area (Å²) < 4.78 is 6.93. The van der Waals surface area contributed by atoms with E-state index in [9.17, 15) is 24.3 Å². The molecule has 190 valence electrons. The SMILES string of the molecule is O=C(O)c1ccc(N2C(=O)[C@H]3[C@H](C2=O)[C@@]2(c4ccccc4)O[C@]3(c3ccccc3)c3ccccc3C2=O)cc1. The van der Waals surface area contributed by atoms with E-state index in [0.717, 1.165) is 4.90 Å². The Kier molecular flexibility index (Phi) is 4.80. The number of rotatable bonds is 4. The number of aromatic carboxylic acids is 1. The molecule has 0 spiro atoms. The van der Waals surface area contributed by atoms with E-state index >= 15 is 0 Å². The zero-order valence-corrected chi connectivity index (χ0v) is 20.5. The van der Waals surface area contributed by atoms with Gasteiger partial charge in [0.25, 0.3) is 0 Å². The van der Waals surface area contributed by atoms with Crippen LogP contribution in [0.15, 0.2) is 109 Å². The molecule has 2 bridgehead atoms. The maximum atomic E-state index is 14.5. The van der Waals surface area contributed by atoms with Crippen LogP contribution in [0.5, 0.6) is 0 Å². The van der Waals surface area contributed by atoms with Crippen molar-refractivity contribution in [1.82, 2.24) is 0 Å².